The number of ether oxygens (including phenoxy) is 1. The number of rotatable bonds is 10. The first kappa shape index (κ1) is 21.8. The third-order valence-electron chi connectivity index (χ3n) is 4.65. The summed E-state index contributed by atoms with van der Waals surface area (Å²) >= 11 is 5.23. The number of anilines is 1. The van der Waals surface area contributed by atoms with E-state index in [1.807, 2.05) is 24.3 Å². The molecular formula is C23H27N3O3S. The topological polar surface area (TPSA) is 76.4 Å². The molecular weight excluding hydrogens is 398 g/mol. The maximum Gasteiger partial charge on any atom is 0.293 e. The predicted molar refractivity (Wildman–Crippen MR) is 123 cm³/mol. The van der Waals surface area contributed by atoms with Crippen LogP contribution in [0.15, 0.2) is 53.2 Å². The van der Waals surface area contributed by atoms with Crippen LogP contribution in [-0.2, 0) is 0 Å². The third-order valence-corrected chi connectivity index (χ3v) is 4.85. The van der Waals surface area contributed by atoms with Crippen LogP contribution in [0.25, 0.3) is 11.0 Å². The second-order valence-corrected chi connectivity index (χ2v) is 7.48. The first-order valence-corrected chi connectivity index (χ1v) is 10.8. The first-order chi connectivity index (χ1) is 14.7. The summed E-state index contributed by atoms with van der Waals surface area (Å²) in [6.07, 6.45) is 10.7. The van der Waals surface area contributed by atoms with E-state index in [0.717, 1.165) is 29.9 Å². The Labute approximate surface area is 182 Å². The van der Waals surface area contributed by atoms with E-state index >= 15 is 0 Å². The fourth-order valence-electron chi connectivity index (χ4n) is 3.03. The van der Waals surface area contributed by atoms with Crippen molar-refractivity contribution >= 4 is 39.9 Å². The summed E-state index contributed by atoms with van der Waals surface area (Å²) in [5, 5.41) is 6.56. The summed E-state index contributed by atoms with van der Waals surface area (Å²) in [5.74, 6) is 0.586. The van der Waals surface area contributed by atoms with Crippen LogP contribution in [0.4, 0.5) is 5.69 Å². The van der Waals surface area contributed by atoms with Crippen molar-refractivity contribution in [2.45, 2.75) is 45.4 Å². The number of hydrogen-bond donors (Lipinski definition) is 2. The van der Waals surface area contributed by atoms with Gasteiger partial charge in [-0.15, -0.1) is 0 Å². The van der Waals surface area contributed by atoms with Crippen molar-refractivity contribution in [2.75, 3.05) is 11.9 Å². The zero-order valence-electron chi connectivity index (χ0n) is 17.1. The zero-order valence-corrected chi connectivity index (χ0v) is 18.0. The van der Waals surface area contributed by atoms with Gasteiger partial charge >= 0.3 is 0 Å². The molecule has 3 aromatic rings. The molecule has 7 heteroatoms. The molecule has 6 nitrogen and oxygen atoms in total. The number of fused-ring (bicyclic) bond motifs is 1. The minimum absolute atomic E-state index is 0.181. The Balaban J connectivity index is 1.41. The van der Waals surface area contributed by atoms with Gasteiger partial charge in [0.15, 0.2) is 10.9 Å². The summed E-state index contributed by atoms with van der Waals surface area (Å²) in [6, 6.07) is 10.8. The number of aromatic nitrogens is 1. The number of carbonyl (C=O) groups excluding carboxylic acids is 1. The Bertz CT molecular complexity index is 936. The SMILES string of the molecule is CCCCCCCCOc1ccc(NC(=S)NC(=O)c2cc3cnccc3o2)cc1. The molecule has 1 aromatic carbocycles. The van der Waals surface area contributed by atoms with Crippen LogP contribution in [0.2, 0.25) is 0 Å². The Morgan fingerprint density at radius 2 is 1.87 bits per heavy atom. The lowest BCUT2D eigenvalue weighted by molar-refractivity contribution is 0.0953. The van der Waals surface area contributed by atoms with Crippen LogP contribution >= 0.6 is 12.2 Å². The van der Waals surface area contributed by atoms with E-state index < -0.39 is 5.91 Å². The fourth-order valence-corrected chi connectivity index (χ4v) is 3.24. The van der Waals surface area contributed by atoms with Crippen molar-refractivity contribution in [1.29, 1.82) is 0 Å². The van der Waals surface area contributed by atoms with Gasteiger partial charge in [0.05, 0.1) is 6.61 Å². The Hall–Kier alpha value is -2.93. The van der Waals surface area contributed by atoms with Crippen molar-refractivity contribution in [3.05, 3.63) is 54.6 Å². The number of benzene rings is 1. The van der Waals surface area contributed by atoms with Gasteiger partial charge < -0.3 is 14.5 Å². The summed E-state index contributed by atoms with van der Waals surface area (Å²) in [7, 11) is 0. The maximum absolute atomic E-state index is 12.3. The van der Waals surface area contributed by atoms with Crippen LogP contribution in [0, 0.1) is 0 Å². The number of unbranched alkanes of at least 4 members (excludes halogenated alkanes) is 5. The van der Waals surface area contributed by atoms with Gasteiger partial charge in [0.2, 0.25) is 0 Å². The first-order valence-electron chi connectivity index (χ1n) is 10.3. The number of hydrogen-bond acceptors (Lipinski definition) is 5. The van der Waals surface area contributed by atoms with Gasteiger partial charge in [0.25, 0.3) is 5.91 Å². The van der Waals surface area contributed by atoms with E-state index in [1.165, 1.54) is 32.1 Å². The second kappa shape index (κ2) is 11.3. The van der Waals surface area contributed by atoms with Crippen molar-refractivity contribution in [2.24, 2.45) is 0 Å². The van der Waals surface area contributed by atoms with E-state index in [-0.39, 0.29) is 10.9 Å². The molecule has 0 aliphatic carbocycles. The predicted octanol–water partition coefficient (Wildman–Crippen LogP) is 5.69. The van der Waals surface area contributed by atoms with Gasteiger partial charge in [0.1, 0.15) is 11.3 Å². The second-order valence-electron chi connectivity index (χ2n) is 7.07. The summed E-state index contributed by atoms with van der Waals surface area (Å²) in [4.78, 5) is 16.3. The fraction of sp³-hybridized carbons (Fsp3) is 0.348. The summed E-state index contributed by atoms with van der Waals surface area (Å²) in [6.45, 7) is 2.95. The van der Waals surface area contributed by atoms with Gasteiger partial charge in [-0.2, -0.15) is 0 Å². The molecule has 2 heterocycles. The molecule has 3 rings (SSSR count). The summed E-state index contributed by atoms with van der Waals surface area (Å²) < 4.78 is 11.3. The Kier molecular flexibility index (Phi) is 8.20. The number of pyridine rings is 1. The summed E-state index contributed by atoms with van der Waals surface area (Å²) in [5.41, 5.74) is 1.37. The third kappa shape index (κ3) is 6.56. The Morgan fingerprint density at radius 3 is 2.63 bits per heavy atom. The van der Waals surface area contributed by atoms with Crippen molar-refractivity contribution in [3.63, 3.8) is 0 Å². The molecule has 0 saturated carbocycles. The van der Waals surface area contributed by atoms with E-state index in [1.54, 1.807) is 24.5 Å². The van der Waals surface area contributed by atoms with E-state index in [2.05, 4.69) is 22.5 Å². The molecule has 0 spiro atoms. The van der Waals surface area contributed by atoms with E-state index in [4.69, 9.17) is 21.4 Å². The molecule has 0 bridgehead atoms. The molecule has 2 aromatic heterocycles. The van der Waals surface area contributed by atoms with Gasteiger partial charge in [-0.1, -0.05) is 39.0 Å². The van der Waals surface area contributed by atoms with Gasteiger partial charge in [-0.25, -0.2) is 0 Å². The van der Waals surface area contributed by atoms with E-state index in [9.17, 15) is 4.79 Å². The van der Waals surface area contributed by atoms with Crippen LogP contribution in [0.1, 0.15) is 56.0 Å². The number of furan rings is 1. The number of thiocarbonyl (C=S) groups is 1. The lowest BCUT2D eigenvalue weighted by Crippen LogP contribution is -2.33. The zero-order chi connectivity index (χ0) is 21.2. The monoisotopic (exact) mass is 425 g/mol. The highest BCUT2D eigenvalue weighted by atomic mass is 32.1. The number of amides is 1. The highest BCUT2D eigenvalue weighted by Crippen LogP contribution is 2.18. The molecule has 0 unspecified atom stereocenters. The van der Waals surface area contributed by atoms with Crippen molar-refractivity contribution in [3.8, 4) is 5.75 Å². The molecule has 0 atom stereocenters. The van der Waals surface area contributed by atoms with E-state index in [0.29, 0.717) is 5.58 Å². The number of nitrogens with one attached hydrogen (secondary N) is 2. The number of nitrogens with zero attached hydrogens (tertiary/aromatic N) is 1. The van der Waals surface area contributed by atoms with Crippen molar-refractivity contribution < 1.29 is 13.9 Å². The smallest absolute Gasteiger partial charge is 0.293 e. The molecule has 2 N–H and O–H groups in total. The highest BCUT2D eigenvalue weighted by molar-refractivity contribution is 7.80. The maximum atomic E-state index is 12.3. The average molecular weight is 426 g/mol. The molecule has 158 valence electrons. The quantitative estimate of drug-likeness (QED) is 0.321. The van der Waals surface area contributed by atoms with Gasteiger partial charge in [-0.05, 0) is 55.0 Å². The largest absolute Gasteiger partial charge is 0.494 e. The van der Waals surface area contributed by atoms with Crippen molar-refractivity contribution in [1.82, 2.24) is 10.3 Å². The normalized spacial score (nSPS) is 10.7. The lowest BCUT2D eigenvalue weighted by atomic mass is 10.1. The van der Waals surface area contributed by atoms with Crippen LogP contribution in [0.5, 0.6) is 5.75 Å². The molecule has 1 amide bonds. The molecule has 0 radical (unpaired) electrons. The minimum atomic E-state index is -0.414. The minimum Gasteiger partial charge on any atom is -0.494 e. The lowest BCUT2D eigenvalue weighted by Gasteiger charge is -2.10. The van der Waals surface area contributed by atoms with Crippen LogP contribution < -0.4 is 15.4 Å². The molecule has 0 fully saturated rings. The van der Waals surface area contributed by atoms with Crippen LogP contribution in [-0.4, -0.2) is 22.6 Å². The molecule has 0 aliphatic rings. The molecule has 30 heavy (non-hydrogen) atoms. The molecule has 0 aliphatic heterocycles. The highest BCUT2D eigenvalue weighted by Gasteiger charge is 2.13. The van der Waals surface area contributed by atoms with Gasteiger partial charge in [-0.3, -0.25) is 15.1 Å². The Morgan fingerprint density at radius 1 is 1.10 bits per heavy atom. The molecule has 0 saturated heterocycles. The number of carbonyl (C=O) groups is 1. The van der Waals surface area contributed by atoms with Crippen LogP contribution in [0.3, 0.4) is 0 Å². The average Bonchev–Trinajstić information content (AvgIpc) is 3.19. The standard InChI is InChI=1S/C23H27N3O3S/c1-2-3-4-5-6-7-14-28-19-10-8-18(9-11-19)25-23(30)26-22(27)21-15-17-16-24-13-12-20(17)29-21/h8-13,15-16H,2-7,14H2,1H3,(H2,25,26,27,30). The van der Waals surface area contributed by atoms with Gasteiger partial charge in [0, 0.05) is 23.5 Å².